The molecular formula is C27H42O3. The fourth-order valence-electron chi connectivity index (χ4n) is 10.1. The summed E-state index contributed by atoms with van der Waals surface area (Å²) in [5.74, 6) is 5.23. The number of hydrogen-bond acceptors (Lipinski definition) is 3. The summed E-state index contributed by atoms with van der Waals surface area (Å²) in [5, 5.41) is 0. The van der Waals surface area contributed by atoms with E-state index >= 15 is 0 Å². The van der Waals surface area contributed by atoms with Crippen molar-refractivity contribution < 1.29 is 14.3 Å². The van der Waals surface area contributed by atoms with Gasteiger partial charge in [0.2, 0.25) is 0 Å². The molecule has 2 saturated heterocycles. The molecule has 0 aromatic carbocycles. The van der Waals surface area contributed by atoms with E-state index in [-0.39, 0.29) is 5.79 Å². The standard InChI is InChI=1S/C27H42O3/c1-16-7-12-27(29-15-16)17(2)24-23(30-27)14-22-20-6-5-18-13-19(28)8-10-25(18,3)21(20)9-11-26(22,24)4/h16-18,20-24H,5-15H2,1-4H3. The van der Waals surface area contributed by atoms with Crippen molar-refractivity contribution in [1.82, 2.24) is 0 Å². The zero-order valence-electron chi connectivity index (χ0n) is 19.6. The lowest BCUT2D eigenvalue weighted by Gasteiger charge is -2.60. The molecule has 6 rings (SSSR count). The molecule has 3 heteroatoms. The van der Waals surface area contributed by atoms with Crippen molar-refractivity contribution >= 4 is 5.78 Å². The van der Waals surface area contributed by atoms with Crippen LogP contribution in [0.1, 0.15) is 91.9 Å². The number of hydrogen-bond donors (Lipinski definition) is 0. The van der Waals surface area contributed by atoms with Crippen molar-refractivity contribution in [3.63, 3.8) is 0 Å². The normalized spacial score (nSPS) is 60.1. The van der Waals surface area contributed by atoms with Gasteiger partial charge in [-0.2, -0.15) is 0 Å². The predicted octanol–water partition coefficient (Wildman–Crippen LogP) is 6.00. The molecule has 4 aliphatic carbocycles. The molecule has 0 aromatic heterocycles. The summed E-state index contributed by atoms with van der Waals surface area (Å²) in [4.78, 5) is 12.2. The third kappa shape index (κ3) is 2.54. The Morgan fingerprint density at radius 3 is 2.53 bits per heavy atom. The van der Waals surface area contributed by atoms with E-state index in [1.807, 2.05) is 0 Å². The highest BCUT2D eigenvalue weighted by Crippen LogP contribution is 2.71. The first-order valence-electron chi connectivity index (χ1n) is 13.1. The predicted molar refractivity (Wildman–Crippen MR) is 117 cm³/mol. The number of ether oxygens (including phenoxy) is 2. The average Bonchev–Trinajstić information content (AvgIpc) is 3.16. The molecule has 11 unspecified atom stereocenters. The van der Waals surface area contributed by atoms with Crippen molar-refractivity contribution in [2.24, 2.45) is 52.3 Å². The fraction of sp³-hybridized carbons (Fsp3) is 0.963. The Kier molecular flexibility index (Phi) is 4.42. The molecular weight excluding hydrogens is 372 g/mol. The van der Waals surface area contributed by atoms with Crippen LogP contribution >= 0.6 is 0 Å². The minimum atomic E-state index is -0.292. The van der Waals surface area contributed by atoms with Gasteiger partial charge in [0, 0.05) is 25.2 Å². The lowest BCUT2D eigenvalue weighted by molar-refractivity contribution is -0.273. The quantitative estimate of drug-likeness (QED) is 0.487. The molecule has 0 bridgehead atoms. The van der Waals surface area contributed by atoms with Crippen molar-refractivity contribution in [1.29, 1.82) is 0 Å². The second kappa shape index (κ2) is 6.56. The van der Waals surface area contributed by atoms with E-state index in [9.17, 15) is 4.79 Å². The SMILES string of the molecule is CC1CCC2(OC1)OC1CC3C4CCC5CC(=O)CCC5(C)C4CCC3(C)C1C2C. The average molecular weight is 415 g/mol. The first-order chi connectivity index (χ1) is 14.3. The first kappa shape index (κ1) is 20.2. The van der Waals surface area contributed by atoms with Gasteiger partial charge in [0.25, 0.3) is 0 Å². The van der Waals surface area contributed by atoms with Gasteiger partial charge in [-0.25, -0.2) is 0 Å². The van der Waals surface area contributed by atoms with Crippen molar-refractivity contribution in [3.8, 4) is 0 Å². The molecule has 30 heavy (non-hydrogen) atoms. The highest BCUT2D eigenvalue weighted by molar-refractivity contribution is 5.79. The summed E-state index contributed by atoms with van der Waals surface area (Å²) in [5.41, 5.74) is 0.820. The molecule has 168 valence electrons. The maximum Gasteiger partial charge on any atom is 0.171 e. The molecule has 1 spiro atoms. The number of rotatable bonds is 0. The van der Waals surface area contributed by atoms with Crippen molar-refractivity contribution in [2.45, 2.75) is 104 Å². The molecule has 2 aliphatic heterocycles. The van der Waals surface area contributed by atoms with Crippen LogP contribution in [0.2, 0.25) is 0 Å². The van der Waals surface area contributed by atoms with Crippen molar-refractivity contribution in [2.75, 3.05) is 6.61 Å². The van der Waals surface area contributed by atoms with Gasteiger partial charge in [-0.1, -0.05) is 27.7 Å². The Morgan fingerprint density at radius 2 is 1.77 bits per heavy atom. The lowest BCUT2D eigenvalue weighted by Crippen LogP contribution is -2.54. The third-order valence-electron chi connectivity index (χ3n) is 11.7. The summed E-state index contributed by atoms with van der Waals surface area (Å²) < 4.78 is 13.4. The van der Waals surface area contributed by atoms with E-state index in [4.69, 9.17) is 9.47 Å². The summed E-state index contributed by atoms with van der Waals surface area (Å²) >= 11 is 0. The van der Waals surface area contributed by atoms with E-state index in [1.165, 1.54) is 38.5 Å². The van der Waals surface area contributed by atoms with Crippen LogP contribution in [0.15, 0.2) is 0 Å². The Hall–Kier alpha value is -0.410. The minimum Gasteiger partial charge on any atom is -0.349 e. The number of carbonyl (C=O) groups is 1. The molecule has 4 saturated carbocycles. The van der Waals surface area contributed by atoms with Crippen LogP contribution in [0.5, 0.6) is 0 Å². The van der Waals surface area contributed by atoms with Gasteiger partial charge in [-0.3, -0.25) is 4.79 Å². The van der Waals surface area contributed by atoms with Crippen molar-refractivity contribution in [3.05, 3.63) is 0 Å². The molecule has 6 fully saturated rings. The van der Waals surface area contributed by atoms with Crippen LogP contribution in [0.25, 0.3) is 0 Å². The molecule has 6 aliphatic rings. The smallest absolute Gasteiger partial charge is 0.171 e. The van der Waals surface area contributed by atoms with E-state index in [0.717, 1.165) is 50.0 Å². The van der Waals surface area contributed by atoms with E-state index in [0.29, 0.717) is 46.4 Å². The van der Waals surface area contributed by atoms with Gasteiger partial charge < -0.3 is 9.47 Å². The largest absolute Gasteiger partial charge is 0.349 e. The van der Waals surface area contributed by atoms with Gasteiger partial charge in [-0.15, -0.1) is 0 Å². The maximum absolute atomic E-state index is 12.2. The summed E-state index contributed by atoms with van der Waals surface area (Å²) in [7, 11) is 0. The number of ketones is 1. The monoisotopic (exact) mass is 414 g/mol. The van der Waals surface area contributed by atoms with Gasteiger partial charge in [0.05, 0.1) is 12.7 Å². The van der Waals surface area contributed by atoms with Gasteiger partial charge in [0.1, 0.15) is 5.78 Å². The van der Waals surface area contributed by atoms with Crippen LogP contribution in [0, 0.1) is 52.3 Å². The van der Waals surface area contributed by atoms with E-state index in [1.54, 1.807) is 0 Å². The Morgan fingerprint density at radius 1 is 0.933 bits per heavy atom. The number of Topliss-reactive ketones (excluding diaryl/α,β-unsaturated/α-hetero) is 1. The topological polar surface area (TPSA) is 35.5 Å². The molecule has 0 aromatic rings. The summed E-state index contributed by atoms with van der Waals surface area (Å²) in [6, 6.07) is 0. The van der Waals surface area contributed by atoms with Crippen LogP contribution in [-0.4, -0.2) is 24.3 Å². The molecule has 0 amide bonds. The van der Waals surface area contributed by atoms with Gasteiger partial charge >= 0.3 is 0 Å². The molecule has 3 nitrogen and oxygen atoms in total. The van der Waals surface area contributed by atoms with Crippen LogP contribution in [0.4, 0.5) is 0 Å². The minimum absolute atomic E-state index is 0.292. The van der Waals surface area contributed by atoms with E-state index in [2.05, 4.69) is 27.7 Å². The number of carbonyl (C=O) groups excluding carboxylic acids is 1. The second-order valence-electron chi connectivity index (χ2n) is 12.9. The summed E-state index contributed by atoms with van der Waals surface area (Å²) in [6.07, 6.45) is 12.2. The van der Waals surface area contributed by atoms with E-state index < -0.39 is 0 Å². The Labute approximate surface area is 183 Å². The number of fused-ring (bicyclic) bond motifs is 7. The zero-order valence-corrected chi connectivity index (χ0v) is 19.6. The highest BCUT2D eigenvalue weighted by Gasteiger charge is 2.69. The zero-order chi connectivity index (χ0) is 20.9. The molecule has 0 radical (unpaired) electrons. The first-order valence-corrected chi connectivity index (χ1v) is 13.1. The maximum atomic E-state index is 12.2. The lowest BCUT2D eigenvalue weighted by atomic mass is 9.44. The second-order valence-corrected chi connectivity index (χ2v) is 12.9. The Balaban J connectivity index is 1.26. The molecule has 2 heterocycles. The Bertz CT molecular complexity index is 724. The summed E-state index contributed by atoms with van der Waals surface area (Å²) in [6.45, 7) is 10.8. The fourth-order valence-corrected chi connectivity index (χ4v) is 10.1. The third-order valence-corrected chi connectivity index (χ3v) is 11.7. The molecule has 11 atom stereocenters. The van der Waals surface area contributed by atoms with Crippen LogP contribution in [0.3, 0.4) is 0 Å². The highest BCUT2D eigenvalue weighted by atomic mass is 16.7. The van der Waals surface area contributed by atoms with Gasteiger partial charge in [-0.05, 0) is 91.3 Å². The van der Waals surface area contributed by atoms with Gasteiger partial charge in [0.15, 0.2) is 5.79 Å². The molecule has 0 N–H and O–H groups in total. The van der Waals surface area contributed by atoms with Crippen LogP contribution < -0.4 is 0 Å². The van der Waals surface area contributed by atoms with Crippen LogP contribution in [-0.2, 0) is 14.3 Å².